The van der Waals surface area contributed by atoms with E-state index in [-0.39, 0.29) is 42.8 Å². The molecule has 4 aromatic rings. The van der Waals surface area contributed by atoms with Crippen LogP contribution < -0.4 is 15.8 Å². The Labute approximate surface area is 252 Å². The van der Waals surface area contributed by atoms with Gasteiger partial charge < -0.3 is 15.8 Å². The third-order valence-corrected chi connectivity index (χ3v) is 7.49. The fourth-order valence-corrected chi connectivity index (χ4v) is 5.18. The molecule has 0 spiro atoms. The molecule has 0 amide bonds. The summed E-state index contributed by atoms with van der Waals surface area (Å²) in [5.41, 5.74) is 8.97. The lowest BCUT2D eigenvalue weighted by atomic mass is 10.1. The molecule has 3 N–H and O–H groups in total. The number of nitrogens with one attached hydrogen (secondary N) is 1. The maximum Gasteiger partial charge on any atom is 0.250 e. The van der Waals surface area contributed by atoms with Gasteiger partial charge in [-0.05, 0) is 37.6 Å². The minimum Gasteiger partial charge on any atom is -0.477 e. The molecule has 4 aromatic heterocycles. The van der Waals surface area contributed by atoms with E-state index in [9.17, 15) is 8.78 Å². The highest BCUT2D eigenvalue weighted by Gasteiger charge is 2.34. The Balaban J connectivity index is 1.25. The molecule has 0 saturated carbocycles. The molecule has 0 bridgehead atoms. The second-order valence-electron chi connectivity index (χ2n) is 10.7. The topological polar surface area (TPSA) is 120 Å². The first-order valence-corrected chi connectivity index (χ1v) is 14.3. The molecule has 14 heteroatoms. The van der Waals surface area contributed by atoms with Crippen LogP contribution in [-0.2, 0) is 13.6 Å². The van der Waals surface area contributed by atoms with E-state index in [1.807, 2.05) is 18.7 Å². The third kappa shape index (κ3) is 7.34. The molecule has 1 aliphatic rings. The predicted molar refractivity (Wildman–Crippen MR) is 158 cm³/mol. The normalized spacial score (nSPS) is 15.8. The molecular formula is C29H33ClF3N9O. The van der Waals surface area contributed by atoms with Crippen molar-refractivity contribution in [2.75, 3.05) is 30.7 Å². The van der Waals surface area contributed by atoms with E-state index in [0.29, 0.717) is 65.2 Å². The molecule has 1 aliphatic heterocycles. The van der Waals surface area contributed by atoms with Crippen LogP contribution in [0.4, 0.5) is 24.7 Å². The molecule has 0 radical (unpaired) electrons. The molecule has 43 heavy (non-hydrogen) atoms. The second kappa shape index (κ2) is 12.7. The predicted octanol–water partition coefficient (Wildman–Crippen LogP) is 5.52. The van der Waals surface area contributed by atoms with Crippen molar-refractivity contribution in [3.63, 3.8) is 0 Å². The summed E-state index contributed by atoms with van der Waals surface area (Å²) in [5, 5.41) is 8.06. The van der Waals surface area contributed by atoms with E-state index in [4.69, 9.17) is 22.1 Å². The third-order valence-electron chi connectivity index (χ3n) is 7.28. The Kier molecular flexibility index (Phi) is 9.02. The van der Waals surface area contributed by atoms with Gasteiger partial charge in [0.1, 0.15) is 28.0 Å². The first-order chi connectivity index (χ1) is 20.5. The Morgan fingerprint density at radius 3 is 2.65 bits per heavy atom. The van der Waals surface area contributed by atoms with Crippen molar-refractivity contribution >= 4 is 23.1 Å². The van der Waals surface area contributed by atoms with Crippen LogP contribution >= 0.6 is 11.6 Å². The molecule has 0 aromatic carbocycles. The summed E-state index contributed by atoms with van der Waals surface area (Å²) >= 11 is 6.19. The molecule has 5 rings (SSSR count). The van der Waals surface area contributed by atoms with Crippen LogP contribution in [0.1, 0.15) is 37.4 Å². The number of ether oxygens (including phenoxy) is 1. The average Bonchev–Trinajstić information content (AvgIpc) is 3.23. The highest BCUT2D eigenvalue weighted by molar-refractivity contribution is 6.29. The lowest BCUT2D eigenvalue weighted by Gasteiger charge is -2.31. The maximum absolute atomic E-state index is 15.3. The minimum absolute atomic E-state index is 0.112. The zero-order valence-electron chi connectivity index (χ0n) is 24.1. The van der Waals surface area contributed by atoms with Gasteiger partial charge in [-0.3, -0.25) is 9.88 Å². The summed E-state index contributed by atoms with van der Waals surface area (Å²) in [6.45, 7) is 5.01. The number of halogens is 4. The van der Waals surface area contributed by atoms with Gasteiger partial charge in [-0.15, -0.1) is 0 Å². The number of rotatable bonds is 10. The molecule has 0 unspecified atom stereocenters. The molecule has 5 heterocycles. The fraction of sp³-hybridized carbons (Fsp3) is 0.414. The summed E-state index contributed by atoms with van der Waals surface area (Å²) in [7, 11) is 1.78. The Hall–Kier alpha value is -3.97. The van der Waals surface area contributed by atoms with Gasteiger partial charge >= 0.3 is 0 Å². The number of hydrogen-bond acceptors (Lipinski definition) is 9. The highest BCUT2D eigenvalue weighted by atomic mass is 35.5. The number of piperidine rings is 1. The van der Waals surface area contributed by atoms with E-state index in [0.717, 1.165) is 0 Å². The molecular weight excluding hydrogens is 583 g/mol. The molecule has 228 valence electrons. The standard InChI is InChI=1S/C29H33ClF3N9O/c1-17(5-11-43-28-25(18(2)40-41(28)3)27-35-8-4-24(34)39-27)38-22-13-23(30)36-15-20(22)26-21(31)12-19(14-37-26)16-42-9-6-29(32,33)7-10-42/h4,8,12-15,17H,5-7,9-11,16H2,1-3H3,(H,36,38)(H2,34,35,39)/t17-/m0/s1. The largest absolute Gasteiger partial charge is 0.477 e. The minimum atomic E-state index is -2.63. The van der Waals surface area contributed by atoms with Gasteiger partial charge in [0, 0.05) is 81.8 Å². The number of nitrogens with zero attached hydrogens (tertiary/aromatic N) is 7. The summed E-state index contributed by atoms with van der Waals surface area (Å²) < 4.78 is 50.1. The SMILES string of the molecule is Cc1nn(C)c(OCC[C@H](C)Nc2cc(Cl)ncc2-c2ncc(CN3CCC(F)(F)CC3)cc2F)c1-c1nccc(N)n1. The number of aromatic nitrogens is 6. The van der Waals surface area contributed by atoms with Gasteiger partial charge in [-0.2, -0.15) is 5.10 Å². The number of aryl methyl sites for hydroxylation is 2. The number of hydrogen-bond donors (Lipinski definition) is 2. The van der Waals surface area contributed by atoms with E-state index in [2.05, 4.69) is 30.4 Å². The summed E-state index contributed by atoms with van der Waals surface area (Å²) in [6, 6.07) is 4.51. The Bertz CT molecular complexity index is 1590. The quantitative estimate of drug-likeness (QED) is 0.222. The van der Waals surface area contributed by atoms with Crippen LogP contribution in [0.3, 0.4) is 0 Å². The molecule has 1 saturated heterocycles. The van der Waals surface area contributed by atoms with E-state index in [1.165, 1.54) is 12.3 Å². The number of likely N-dealkylation sites (tertiary alicyclic amines) is 1. The second-order valence-corrected chi connectivity index (χ2v) is 11.1. The van der Waals surface area contributed by atoms with Crippen LogP contribution in [0.25, 0.3) is 22.6 Å². The van der Waals surface area contributed by atoms with Crippen molar-refractivity contribution in [2.45, 2.75) is 51.6 Å². The zero-order chi connectivity index (χ0) is 30.7. The smallest absolute Gasteiger partial charge is 0.250 e. The van der Waals surface area contributed by atoms with Crippen molar-refractivity contribution in [2.24, 2.45) is 7.05 Å². The first kappa shape index (κ1) is 30.5. The molecule has 0 aliphatic carbocycles. The molecule has 10 nitrogen and oxygen atoms in total. The van der Waals surface area contributed by atoms with Crippen molar-refractivity contribution < 1.29 is 17.9 Å². The monoisotopic (exact) mass is 615 g/mol. The van der Waals surface area contributed by atoms with Crippen molar-refractivity contribution in [3.05, 3.63) is 59.0 Å². The summed E-state index contributed by atoms with van der Waals surface area (Å²) in [5.74, 6) is -1.87. The van der Waals surface area contributed by atoms with Crippen LogP contribution in [0.2, 0.25) is 5.15 Å². The van der Waals surface area contributed by atoms with Crippen molar-refractivity contribution in [1.29, 1.82) is 0 Å². The van der Waals surface area contributed by atoms with Gasteiger partial charge in [-0.1, -0.05) is 11.6 Å². The number of nitrogen functional groups attached to an aromatic ring is 1. The van der Waals surface area contributed by atoms with Gasteiger partial charge in [0.2, 0.25) is 5.88 Å². The van der Waals surface area contributed by atoms with Crippen LogP contribution in [0, 0.1) is 12.7 Å². The molecule has 1 fully saturated rings. The van der Waals surface area contributed by atoms with E-state index in [1.54, 1.807) is 36.3 Å². The number of nitrogens with two attached hydrogens (primary N) is 1. The Morgan fingerprint density at radius 2 is 1.93 bits per heavy atom. The summed E-state index contributed by atoms with van der Waals surface area (Å²) in [6.07, 6.45) is 4.80. The van der Waals surface area contributed by atoms with Gasteiger partial charge in [-0.25, -0.2) is 32.8 Å². The number of anilines is 2. The maximum atomic E-state index is 15.3. The fourth-order valence-electron chi connectivity index (χ4n) is 5.02. The average molecular weight is 616 g/mol. The van der Waals surface area contributed by atoms with Crippen molar-refractivity contribution in [3.8, 4) is 28.5 Å². The van der Waals surface area contributed by atoms with Crippen LogP contribution in [0.5, 0.6) is 5.88 Å². The van der Waals surface area contributed by atoms with Gasteiger partial charge in [0.25, 0.3) is 5.92 Å². The van der Waals surface area contributed by atoms with Crippen LogP contribution in [-0.4, -0.2) is 66.3 Å². The lowest BCUT2D eigenvalue weighted by molar-refractivity contribution is -0.0566. The number of alkyl halides is 2. The zero-order valence-corrected chi connectivity index (χ0v) is 24.9. The lowest BCUT2D eigenvalue weighted by Crippen LogP contribution is -2.38. The van der Waals surface area contributed by atoms with Crippen molar-refractivity contribution in [1.82, 2.24) is 34.6 Å². The van der Waals surface area contributed by atoms with E-state index >= 15 is 4.39 Å². The molecule has 1 atom stereocenters. The number of pyridine rings is 2. The van der Waals surface area contributed by atoms with Gasteiger partial charge in [0.15, 0.2) is 5.82 Å². The van der Waals surface area contributed by atoms with Gasteiger partial charge in [0.05, 0.1) is 12.3 Å². The Morgan fingerprint density at radius 1 is 1.16 bits per heavy atom. The highest BCUT2D eigenvalue weighted by Crippen LogP contribution is 2.33. The van der Waals surface area contributed by atoms with Crippen LogP contribution in [0.15, 0.2) is 36.8 Å². The van der Waals surface area contributed by atoms with E-state index < -0.39 is 11.7 Å². The first-order valence-electron chi connectivity index (χ1n) is 13.9. The summed E-state index contributed by atoms with van der Waals surface area (Å²) in [4.78, 5) is 19.0.